The Hall–Kier alpha value is -1.72. The van der Waals surface area contributed by atoms with Crippen LogP contribution in [-0.2, 0) is 30.9 Å². The summed E-state index contributed by atoms with van der Waals surface area (Å²) in [7, 11) is 0. The SMILES string of the molecule is OCC1CCc2nnc(-c3ccc4c(c3)COC4)n2C1. The lowest BCUT2D eigenvalue weighted by Crippen LogP contribution is -2.23. The molecule has 2 aromatic rings. The molecule has 2 aliphatic heterocycles. The lowest BCUT2D eigenvalue weighted by molar-refractivity contribution is 0.134. The summed E-state index contributed by atoms with van der Waals surface area (Å²) < 4.78 is 7.61. The molecule has 5 heteroatoms. The summed E-state index contributed by atoms with van der Waals surface area (Å²) in [5.74, 6) is 2.25. The predicted octanol–water partition coefficient (Wildman–Crippen LogP) is 1.53. The van der Waals surface area contributed by atoms with Crippen LogP contribution in [0.5, 0.6) is 0 Å². The van der Waals surface area contributed by atoms with Crippen molar-refractivity contribution < 1.29 is 9.84 Å². The number of aryl methyl sites for hydroxylation is 1. The van der Waals surface area contributed by atoms with Crippen molar-refractivity contribution in [1.82, 2.24) is 14.8 Å². The monoisotopic (exact) mass is 271 g/mol. The van der Waals surface area contributed by atoms with Gasteiger partial charge in [0.05, 0.1) is 13.2 Å². The summed E-state index contributed by atoms with van der Waals surface area (Å²) in [4.78, 5) is 0. The number of hydrogen-bond acceptors (Lipinski definition) is 4. The van der Waals surface area contributed by atoms with Crippen molar-refractivity contribution >= 4 is 0 Å². The quantitative estimate of drug-likeness (QED) is 0.900. The molecule has 4 rings (SSSR count). The molecule has 1 N–H and O–H groups in total. The molecule has 5 nitrogen and oxygen atoms in total. The molecule has 1 aromatic carbocycles. The Morgan fingerprint density at radius 1 is 1.25 bits per heavy atom. The van der Waals surface area contributed by atoms with Gasteiger partial charge in [0.25, 0.3) is 0 Å². The minimum Gasteiger partial charge on any atom is -0.396 e. The van der Waals surface area contributed by atoms with Crippen LogP contribution < -0.4 is 0 Å². The number of aliphatic hydroxyl groups excluding tert-OH is 1. The van der Waals surface area contributed by atoms with Gasteiger partial charge in [0, 0.05) is 31.1 Å². The van der Waals surface area contributed by atoms with E-state index in [1.807, 2.05) is 0 Å². The van der Waals surface area contributed by atoms with Gasteiger partial charge in [-0.15, -0.1) is 10.2 Å². The molecule has 20 heavy (non-hydrogen) atoms. The topological polar surface area (TPSA) is 60.2 Å². The second-order valence-electron chi connectivity index (χ2n) is 5.61. The number of fused-ring (bicyclic) bond motifs is 2. The largest absolute Gasteiger partial charge is 0.396 e. The number of aliphatic hydroxyl groups is 1. The van der Waals surface area contributed by atoms with Crippen LogP contribution in [-0.4, -0.2) is 26.5 Å². The van der Waals surface area contributed by atoms with E-state index in [1.165, 1.54) is 11.1 Å². The molecule has 1 unspecified atom stereocenters. The summed E-state index contributed by atoms with van der Waals surface area (Å²) >= 11 is 0. The summed E-state index contributed by atoms with van der Waals surface area (Å²) in [5.41, 5.74) is 3.60. The van der Waals surface area contributed by atoms with E-state index in [-0.39, 0.29) is 6.61 Å². The van der Waals surface area contributed by atoms with Crippen LogP contribution in [0.2, 0.25) is 0 Å². The Kier molecular flexibility index (Phi) is 2.82. The van der Waals surface area contributed by atoms with Crippen molar-refractivity contribution in [2.75, 3.05) is 6.61 Å². The molecule has 0 fully saturated rings. The van der Waals surface area contributed by atoms with Gasteiger partial charge in [0.15, 0.2) is 5.82 Å². The van der Waals surface area contributed by atoms with E-state index >= 15 is 0 Å². The summed E-state index contributed by atoms with van der Waals surface area (Å²) in [5, 5.41) is 18.0. The van der Waals surface area contributed by atoms with Crippen LogP contribution in [0, 0.1) is 5.92 Å². The Morgan fingerprint density at radius 3 is 3.05 bits per heavy atom. The maximum Gasteiger partial charge on any atom is 0.163 e. The number of rotatable bonds is 2. The number of nitrogens with zero attached hydrogens (tertiary/aromatic N) is 3. The fourth-order valence-electron chi connectivity index (χ4n) is 3.07. The molecule has 3 heterocycles. The minimum absolute atomic E-state index is 0.231. The van der Waals surface area contributed by atoms with Gasteiger partial charge in [0.1, 0.15) is 5.82 Å². The summed E-state index contributed by atoms with van der Waals surface area (Å²) in [6.07, 6.45) is 1.89. The lowest BCUT2D eigenvalue weighted by atomic mass is 9.99. The Bertz CT molecular complexity index is 651. The highest BCUT2D eigenvalue weighted by molar-refractivity contribution is 5.58. The molecule has 1 aromatic heterocycles. The lowest BCUT2D eigenvalue weighted by Gasteiger charge is -2.22. The number of benzene rings is 1. The van der Waals surface area contributed by atoms with Crippen LogP contribution in [0.1, 0.15) is 23.4 Å². The number of hydrogen-bond donors (Lipinski definition) is 1. The molecule has 0 amide bonds. The highest BCUT2D eigenvalue weighted by Crippen LogP contribution is 2.29. The van der Waals surface area contributed by atoms with E-state index in [0.29, 0.717) is 19.1 Å². The van der Waals surface area contributed by atoms with E-state index in [0.717, 1.165) is 36.6 Å². The van der Waals surface area contributed by atoms with Crippen LogP contribution in [0.25, 0.3) is 11.4 Å². The Labute approximate surface area is 117 Å². The van der Waals surface area contributed by atoms with Gasteiger partial charge in [-0.1, -0.05) is 12.1 Å². The predicted molar refractivity (Wildman–Crippen MR) is 72.8 cm³/mol. The average Bonchev–Trinajstić information content (AvgIpc) is 3.11. The zero-order valence-electron chi connectivity index (χ0n) is 11.2. The highest BCUT2D eigenvalue weighted by atomic mass is 16.5. The fraction of sp³-hybridized carbons (Fsp3) is 0.467. The molecule has 1 atom stereocenters. The van der Waals surface area contributed by atoms with E-state index in [9.17, 15) is 5.11 Å². The van der Waals surface area contributed by atoms with Crippen LogP contribution in [0.15, 0.2) is 18.2 Å². The van der Waals surface area contributed by atoms with E-state index < -0.39 is 0 Å². The van der Waals surface area contributed by atoms with Gasteiger partial charge in [-0.2, -0.15) is 0 Å². The molecule has 0 spiro atoms. The first-order chi connectivity index (χ1) is 9.85. The second-order valence-corrected chi connectivity index (χ2v) is 5.61. The van der Waals surface area contributed by atoms with E-state index in [2.05, 4.69) is 33.0 Å². The second kappa shape index (κ2) is 4.68. The third-order valence-corrected chi connectivity index (χ3v) is 4.28. The maximum absolute atomic E-state index is 9.37. The van der Waals surface area contributed by atoms with Gasteiger partial charge in [0.2, 0.25) is 0 Å². The van der Waals surface area contributed by atoms with Gasteiger partial charge >= 0.3 is 0 Å². The minimum atomic E-state index is 0.231. The van der Waals surface area contributed by atoms with Gasteiger partial charge in [-0.25, -0.2) is 0 Å². The summed E-state index contributed by atoms with van der Waals surface area (Å²) in [6.45, 7) is 2.43. The maximum atomic E-state index is 9.37. The molecule has 0 saturated carbocycles. The molecule has 2 aliphatic rings. The third kappa shape index (κ3) is 1.85. The summed E-state index contributed by atoms with van der Waals surface area (Å²) in [6, 6.07) is 6.36. The first kappa shape index (κ1) is 12.1. The smallest absolute Gasteiger partial charge is 0.163 e. The normalized spacial score (nSPS) is 20.8. The Morgan fingerprint density at radius 2 is 2.15 bits per heavy atom. The molecule has 0 radical (unpaired) electrons. The van der Waals surface area contributed by atoms with Crippen LogP contribution in [0.3, 0.4) is 0 Å². The van der Waals surface area contributed by atoms with Crippen molar-refractivity contribution in [2.24, 2.45) is 5.92 Å². The van der Waals surface area contributed by atoms with Crippen molar-refractivity contribution in [1.29, 1.82) is 0 Å². The van der Waals surface area contributed by atoms with Crippen molar-refractivity contribution in [3.05, 3.63) is 35.2 Å². The zero-order chi connectivity index (χ0) is 13.5. The Balaban J connectivity index is 1.74. The molecule has 104 valence electrons. The van der Waals surface area contributed by atoms with E-state index in [1.54, 1.807) is 0 Å². The highest BCUT2D eigenvalue weighted by Gasteiger charge is 2.23. The van der Waals surface area contributed by atoms with Crippen molar-refractivity contribution in [2.45, 2.75) is 32.6 Å². The number of aromatic nitrogens is 3. The molecule has 0 bridgehead atoms. The first-order valence-electron chi connectivity index (χ1n) is 7.08. The third-order valence-electron chi connectivity index (χ3n) is 4.28. The zero-order valence-corrected chi connectivity index (χ0v) is 11.2. The molecular formula is C15H17N3O2. The molecule has 0 aliphatic carbocycles. The van der Waals surface area contributed by atoms with E-state index in [4.69, 9.17) is 4.74 Å². The van der Waals surface area contributed by atoms with Gasteiger partial charge < -0.3 is 14.4 Å². The first-order valence-corrected chi connectivity index (χ1v) is 7.08. The van der Waals surface area contributed by atoms with Gasteiger partial charge in [-0.3, -0.25) is 0 Å². The molecular weight excluding hydrogens is 254 g/mol. The van der Waals surface area contributed by atoms with Crippen molar-refractivity contribution in [3.8, 4) is 11.4 Å². The van der Waals surface area contributed by atoms with Crippen molar-refractivity contribution in [3.63, 3.8) is 0 Å². The van der Waals surface area contributed by atoms with Crippen LogP contribution >= 0.6 is 0 Å². The number of ether oxygens (including phenoxy) is 1. The molecule has 0 saturated heterocycles. The standard InChI is InChI=1S/C15H17N3O2/c19-7-10-1-4-14-16-17-15(18(14)6-10)11-2-3-12-8-20-9-13(12)5-11/h2-3,5,10,19H,1,4,6-9H2. The van der Waals surface area contributed by atoms with Gasteiger partial charge in [-0.05, 0) is 23.6 Å². The fourth-order valence-corrected chi connectivity index (χ4v) is 3.07. The average molecular weight is 271 g/mol. The van der Waals surface area contributed by atoms with Crippen LogP contribution in [0.4, 0.5) is 0 Å².